The van der Waals surface area contributed by atoms with E-state index in [0.717, 1.165) is 3.57 Å². The summed E-state index contributed by atoms with van der Waals surface area (Å²) in [5.41, 5.74) is 6.00. The van der Waals surface area contributed by atoms with Crippen LogP contribution in [0.3, 0.4) is 0 Å². The largest absolute Gasteiger partial charge is 0.384 e. The summed E-state index contributed by atoms with van der Waals surface area (Å²) < 4.78 is 0.953. The molecular formula is C7H5IN2. The van der Waals surface area contributed by atoms with E-state index in [-0.39, 0.29) is 0 Å². The number of nitrogen functional groups attached to an aromatic ring is 1. The van der Waals surface area contributed by atoms with Crippen molar-refractivity contribution in [2.45, 2.75) is 0 Å². The summed E-state index contributed by atoms with van der Waals surface area (Å²) in [6.07, 6.45) is 5.15. The van der Waals surface area contributed by atoms with Gasteiger partial charge in [0.25, 0.3) is 0 Å². The lowest BCUT2D eigenvalue weighted by Gasteiger charge is -1.95. The van der Waals surface area contributed by atoms with Crippen molar-refractivity contribution >= 4 is 28.4 Å². The molecule has 0 fully saturated rings. The average Bonchev–Trinajstić information content (AvgIpc) is 1.94. The standard InChI is InChI=1S/C7H5IN2/c1-2-6-5(8)3-4-7(9)10-6/h1,3-4H,(H2,9,10). The van der Waals surface area contributed by atoms with Gasteiger partial charge in [-0.1, -0.05) is 0 Å². The number of aromatic nitrogens is 1. The minimum absolute atomic E-state index is 0.466. The number of nitrogens with zero attached hydrogens (tertiary/aromatic N) is 1. The van der Waals surface area contributed by atoms with Gasteiger partial charge in [0.2, 0.25) is 0 Å². The minimum atomic E-state index is 0.466. The molecule has 0 saturated heterocycles. The zero-order chi connectivity index (χ0) is 7.56. The number of hydrogen-bond donors (Lipinski definition) is 1. The van der Waals surface area contributed by atoms with Crippen LogP contribution in [-0.4, -0.2) is 4.98 Å². The summed E-state index contributed by atoms with van der Waals surface area (Å²) in [4.78, 5) is 3.93. The quantitative estimate of drug-likeness (QED) is 0.551. The number of terminal acetylenes is 1. The molecule has 0 aromatic carbocycles. The molecule has 2 N–H and O–H groups in total. The van der Waals surface area contributed by atoms with Gasteiger partial charge in [-0.3, -0.25) is 0 Å². The molecule has 0 aliphatic rings. The predicted molar refractivity (Wildman–Crippen MR) is 49.3 cm³/mol. The number of rotatable bonds is 0. The van der Waals surface area contributed by atoms with E-state index < -0.39 is 0 Å². The molecule has 0 aliphatic heterocycles. The summed E-state index contributed by atoms with van der Waals surface area (Å²) in [7, 11) is 0. The highest BCUT2D eigenvalue weighted by Crippen LogP contribution is 2.09. The number of pyridine rings is 1. The van der Waals surface area contributed by atoms with E-state index in [0.29, 0.717) is 11.5 Å². The van der Waals surface area contributed by atoms with E-state index in [1.165, 1.54) is 0 Å². The molecule has 0 amide bonds. The van der Waals surface area contributed by atoms with E-state index in [2.05, 4.69) is 33.5 Å². The average molecular weight is 244 g/mol. The molecule has 50 valence electrons. The Balaban J connectivity index is 3.25. The van der Waals surface area contributed by atoms with E-state index in [4.69, 9.17) is 12.2 Å². The van der Waals surface area contributed by atoms with Gasteiger partial charge in [-0.15, -0.1) is 6.42 Å². The second-order valence-electron chi connectivity index (χ2n) is 1.71. The molecule has 1 aromatic heterocycles. The maximum Gasteiger partial charge on any atom is 0.128 e. The monoisotopic (exact) mass is 244 g/mol. The van der Waals surface area contributed by atoms with Gasteiger partial charge in [0.05, 0.1) is 0 Å². The molecule has 10 heavy (non-hydrogen) atoms. The Labute approximate surface area is 73.0 Å². The zero-order valence-corrected chi connectivity index (χ0v) is 7.29. The van der Waals surface area contributed by atoms with Crippen molar-refractivity contribution in [1.29, 1.82) is 0 Å². The predicted octanol–water partition coefficient (Wildman–Crippen LogP) is 1.25. The SMILES string of the molecule is C#Cc1nc(N)ccc1I. The zero-order valence-electron chi connectivity index (χ0n) is 5.13. The van der Waals surface area contributed by atoms with E-state index in [9.17, 15) is 0 Å². The van der Waals surface area contributed by atoms with Crippen LogP contribution in [0.1, 0.15) is 5.69 Å². The van der Waals surface area contributed by atoms with Crippen LogP contribution in [-0.2, 0) is 0 Å². The molecular weight excluding hydrogens is 239 g/mol. The van der Waals surface area contributed by atoms with Crippen molar-refractivity contribution in [3.63, 3.8) is 0 Å². The van der Waals surface area contributed by atoms with Crippen molar-refractivity contribution < 1.29 is 0 Å². The number of nitrogens with two attached hydrogens (primary N) is 1. The fourth-order valence-corrected chi connectivity index (χ4v) is 1.01. The third kappa shape index (κ3) is 1.39. The molecule has 1 aromatic rings. The first-order chi connectivity index (χ1) is 4.74. The fraction of sp³-hybridized carbons (Fsp3) is 0. The maximum atomic E-state index is 5.39. The van der Waals surface area contributed by atoms with Crippen molar-refractivity contribution in [2.75, 3.05) is 5.73 Å². The van der Waals surface area contributed by atoms with Crippen molar-refractivity contribution in [3.8, 4) is 12.3 Å². The molecule has 1 rings (SSSR count). The third-order valence-electron chi connectivity index (χ3n) is 1.00. The summed E-state index contributed by atoms with van der Waals surface area (Å²) in [5.74, 6) is 2.90. The van der Waals surface area contributed by atoms with Crippen LogP contribution in [0.2, 0.25) is 0 Å². The van der Waals surface area contributed by atoms with Crippen LogP contribution in [0.4, 0.5) is 5.82 Å². The maximum absolute atomic E-state index is 5.39. The molecule has 0 radical (unpaired) electrons. The third-order valence-corrected chi connectivity index (χ3v) is 1.87. The van der Waals surface area contributed by atoms with Gasteiger partial charge in [-0.05, 0) is 40.6 Å². The number of anilines is 1. The summed E-state index contributed by atoms with van der Waals surface area (Å²) in [5, 5.41) is 0. The molecule has 0 saturated carbocycles. The van der Waals surface area contributed by atoms with Crippen molar-refractivity contribution in [3.05, 3.63) is 21.4 Å². The molecule has 1 heterocycles. The van der Waals surface area contributed by atoms with Gasteiger partial charge < -0.3 is 5.73 Å². The topological polar surface area (TPSA) is 38.9 Å². The normalized spacial score (nSPS) is 8.80. The van der Waals surface area contributed by atoms with Gasteiger partial charge in [-0.25, -0.2) is 4.98 Å². The van der Waals surface area contributed by atoms with Gasteiger partial charge >= 0.3 is 0 Å². The van der Waals surface area contributed by atoms with Gasteiger partial charge in [0.1, 0.15) is 11.5 Å². The summed E-state index contributed by atoms with van der Waals surface area (Å²) >= 11 is 2.12. The second-order valence-corrected chi connectivity index (χ2v) is 2.87. The molecule has 3 heteroatoms. The molecule has 0 spiro atoms. The van der Waals surface area contributed by atoms with Crippen LogP contribution in [0.15, 0.2) is 12.1 Å². The molecule has 0 unspecified atom stereocenters. The second kappa shape index (κ2) is 2.88. The van der Waals surface area contributed by atoms with Crippen molar-refractivity contribution in [2.24, 2.45) is 0 Å². The molecule has 0 bridgehead atoms. The first kappa shape index (κ1) is 7.35. The number of hydrogen-bond acceptors (Lipinski definition) is 2. The lowest BCUT2D eigenvalue weighted by atomic mass is 10.3. The van der Waals surface area contributed by atoms with Gasteiger partial charge in [-0.2, -0.15) is 0 Å². The van der Waals surface area contributed by atoms with Crippen LogP contribution >= 0.6 is 22.6 Å². The molecule has 0 atom stereocenters. The lowest BCUT2D eigenvalue weighted by molar-refractivity contribution is 1.27. The Morgan fingerprint density at radius 2 is 2.30 bits per heavy atom. The van der Waals surface area contributed by atoms with Crippen LogP contribution in [0.25, 0.3) is 0 Å². The highest BCUT2D eigenvalue weighted by Gasteiger charge is 1.96. The van der Waals surface area contributed by atoms with E-state index in [1.807, 2.05) is 6.07 Å². The van der Waals surface area contributed by atoms with Gasteiger partial charge in [0, 0.05) is 3.57 Å². The minimum Gasteiger partial charge on any atom is -0.384 e. The number of halogens is 1. The lowest BCUT2D eigenvalue weighted by Crippen LogP contribution is -1.93. The van der Waals surface area contributed by atoms with Gasteiger partial charge in [0.15, 0.2) is 0 Å². The fourth-order valence-electron chi connectivity index (χ4n) is 0.558. The van der Waals surface area contributed by atoms with E-state index in [1.54, 1.807) is 6.07 Å². The smallest absolute Gasteiger partial charge is 0.128 e. The Hall–Kier alpha value is -0.760. The molecule has 0 aliphatic carbocycles. The van der Waals surface area contributed by atoms with Crippen LogP contribution in [0.5, 0.6) is 0 Å². The first-order valence-electron chi connectivity index (χ1n) is 2.62. The van der Waals surface area contributed by atoms with E-state index >= 15 is 0 Å². The Morgan fingerprint density at radius 1 is 1.60 bits per heavy atom. The Morgan fingerprint density at radius 3 is 2.80 bits per heavy atom. The van der Waals surface area contributed by atoms with Crippen LogP contribution in [0, 0.1) is 15.9 Å². The highest BCUT2D eigenvalue weighted by molar-refractivity contribution is 14.1. The first-order valence-corrected chi connectivity index (χ1v) is 3.70. The Bertz CT molecular complexity index is 288. The Kier molecular flexibility index (Phi) is 2.12. The van der Waals surface area contributed by atoms with Crippen LogP contribution < -0.4 is 5.73 Å². The van der Waals surface area contributed by atoms with Crippen molar-refractivity contribution in [1.82, 2.24) is 4.98 Å². The summed E-state index contributed by atoms with van der Waals surface area (Å²) in [6.45, 7) is 0. The highest BCUT2D eigenvalue weighted by atomic mass is 127. The molecule has 2 nitrogen and oxygen atoms in total. The summed E-state index contributed by atoms with van der Waals surface area (Å²) in [6, 6.07) is 3.57.